The Labute approximate surface area is 133 Å². The molecule has 0 atom stereocenters. The van der Waals surface area contributed by atoms with Gasteiger partial charge in [0.2, 0.25) is 5.91 Å². The van der Waals surface area contributed by atoms with Crippen molar-refractivity contribution in [2.75, 3.05) is 10.6 Å². The average molecular weight is 318 g/mol. The summed E-state index contributed by atoms with van der Waals surface area (Å²) in [4.78, 5) is 22.7. The molecule has 2 aromatic rings. The minimum atomic E-state index is -0.334. The SMILES string of the molecule is CC(=O)Nc1ccc(CNC(=O)Nc2ccccc2Cl)cc1. The minimum absolute atomic E-state index is 0.120. The van der Waals surface area contributed by atoms with Gasteiger partial charge in [-0.25, -0.2) is 4.79 Å². The van der Waals surface area contributed by atoms with E-state index in [1.54, 1.807) is 36.4 Å². The largest absolute Gasteiger partial charge is 0.334 e. The summed E-state index contributed by atoms with van der Waals surface area (Å²) in [5.74, 6) is -0.120. The van der Waals surface area contributed by atoms with Crippen LogP contribution in [0.5, 0.6) is 0 Å². The molecule has 0 saturated carbocycles. The lowest BCUT2D eigenvalue weighted by atomic mass is 10.2. The highest BCUT2D eigenvalue weighted by Crippen LogP contribution is 2.20. The van der Waals surface area contributed by atoms with E-state index in [9.17, 15) is 9.59 Å². The van der Waals surface area contributed by atoms with Gasteiger partial charge >= 0.3 is 6.03 Å². The Morgan fingerprint density at radius 3 is 2.32 bits per heavy atom. The molecule has 22 heavy (non-hydrogen) atoms. The molecule has 6 heteroatoms. The fraction of sp³-hybridized carbons (Fsp3) is 0.125. The maximum atomic E-state index is 11.8. The number of carbonyl (C=O) groups excluding carboxylic acids is 2. The molecule has 5 nitrogen and oxygen atoms in total. The van der Waals surface area contributed by atoms with Gasteiger partial charge < -0.3 is 16.0 Å². The fourth-order valence-electron chi connectivity index (χ4n) is 1.82. The Kier molecular flexibility index (Phi) is 5.38. The van der Waals surface area contributed by atoms with Crippen LogP contribution >= 0.6 is 11.6 Å². The fourth-order valence-corrected chi connectivity index (χ4v) is 2.00. The summed E-state index contributed by atoms with van der Waals surface area (Å²) in [6, 6.07) is 13.9. The second kappa shape index (κ2) is 7.47. The van der Waals surface area contributed by atoms with Crippen molar-refractivity contribution < 1.29 is 9.59 Å². The summed E-state index contributed by atoms with van der Waals surface area (Å²) in [6.07, 6.45) is 0. The van der Waals surface area contributed by atoms with Gasteiger partial charge in [-0.1, -0.05) is 35.9 Å². The number of urea groups is 1. The van der Waals surface area contributed by atoms with Gasteiger partial charge in [-0.2, -0.15) is 0 Å². The summed E-state index contributed by atoms with van der Waals surface area (Å²) in [5.41, 5.74) is 2.20. The molecule has 0 unspecified atom stereocenters. The molecule has 0 fully saturated rings. The van der Waals surface area contributed by atoms with Gasteiger partial charge in [-0.3, -0.25) is 4.79 Å². The highest BCUT2D eigenvalue weighted by Gasteiger charge is 2.04. The number of carbonyl (C=O) groups is 2. The van der Waals surface area contributed by atoms with Crippen LogP contribution in [-0.4, -0.2) is 11.9 Å². The highest BCUT2D eigenvalue weighted by atomic mass is 35.5. The van der Waals surface area contributed by atoms with Crippen LogP contribution in [0.15, 0.2) is 48.5 Å². The monoisotopic (exact) mass is 317 g/mol. The number of hydrogen-bond acceptors (Lipinski definition) is 2. The van der Waals surface area contributed by atoms with Crippen molar-refractivity contribution in [2.24, 2.45) is 0 Å². The van der Waals surface area contributed by atoms with E-state index >= 15 is 0 Å². The van der Waals surface area contributed by atoms with Crippen LogP contribution in [-0.2, 0) is 11.3 Å². The summed E-state index contributed by atoms with van der Waals surface area (Å²) < 4.78 is 0. The van der Waals surface area contributed by atoms with Gasteiger partial charge in [-0.05, 0) is 29.8 Å². The van der Waals surface area contributed by atoms with Crippen LogP contribution in [0.3, 0.4) is 0 Å². The van der Waals surface area contributed by atoms with Gasteiger partial charge in [0.15, 0.2) is 0 Å². The van der Waals surface area contributed by atoms with E-state index in [-0.39, 0.29) is 11.9 Å². The molecule has 3 amide bonds. The molecule has 0 heterocycles. The highest BCUT2D eigenvalue weighted by molar-refractivity contribution is 6.33. The smallest absolute Gasteiger partial charge is 0.319 e. The first-order valence-corrected chi connectivity index (χ1v) is 7.08. The van der Waals surface area contributed by atoms with Gasteiger partial charge in [0, 0.05) is 19.2 Å². The van der Waals surface area contributed by atoms with E-state index in [0.717, 1.165) is 11.3 Å². The van der Waals surface area contributed by atoms with E-state index in [1.165, 1.54) is 6.92 Å². The topological polar surface area (TPSA) is 70.2 Å². The molecule has 0 aliphatic rings. The molecule has 2 rings (SSSR count). The number of nitrogens with one attached hydrogen (secondary N) is 3. The number of rotatable bonds is 4. The van der Waals surface area contributed by atoms with Gasteiger partial charge in [0.05, 0.1) is 10.7 Å². The zero-order valence-electron chi connectivity index (χ0n) is 12.0. The second-order valence-electron chi connectivity index (χ2n) is 4.67. The standard InChI is InChI=1S/C16H16ClN3O2/c1-11(21)19-13-8-6-12(7-9-13)10-18-16(22)20-15-5-3-2-4-14(15)17/h2-9H,10H2,1H3,(H,19,21)(H2,18,20,22). The van der Waals surface area contributed by atoms with Crippen LogP contribution in [0.4, 0.5) is 16.2 Å². The summed E-state index contributed by atoms with van der Waals surface area (Å²) >= 11 is 5.97. The minimum Gasteiger partial charge on any atom is -0.334 e. The first-order valence-electron chi connectivity index (χ1n) is 6.70. The molecule has 0 radical (unpaired) electrons. The second-order valence-corrected chi connectivity index (χ2v) is 5.07. The third kappa shape index (κ3) is 4.79. The van der Waals surface area contributed by atoms with Crippen molar-refractivity contribution in [1.29, 1.82) is 0 Å². The molecule has 0 aromatic heterocycles. The molecular weight excluding hydrogens is 302 g/mol. The van der Waals surface area contributed by atoms with E-state index < -0.39 is 0 Å². The van der Waals surface area contributed by atoms with Crippen molar-refractivity contribution in [1.82, 2.24) is 5.32 Å². The lowest BCUT2D eigenvalue weighted by Gasteiger charge is -2.09. The molecular formula is C16H16ClN3O2. The van der Waals surface area contributed by atoms with Crippen LogP contribution < -0.4 is 16.0 Å². The summed E-state index contributed by atoms with van der Waals surface area (Å²) in [7, 11) is 0. The number of halogens is 1. The predicted molar refractivity (Wildman–Crippen MR) is 88.1 cm³/mol. The number of anilines is 2. The van der Waals surface area contributed by atoms with E-state index in [2.05, 4.69) is 16.0 Å². The number of hydrogen-bond donors (Lipinski definition) is 3. The molecule has 114 valence electrons. The average Bonchev–Trinajstić information content (AvgIpc) is 2.48. The van der Waals surface area contributed by atoms with Crippen LogP contribution in [0.1, 0.15) is 12.5 Å². The van der Waals surface area contributed by atoms with Crippen molar-refractivity contribution >= 4 is 34.9 Å². The Morgan fingerprint density at radius 1 is 1.00 bits per heavy atom. The Balaban J connectivity index is 1.86. The van der Waals surface area contributed by atoms with Crippen LogP contribution in [0.25, 0.3) is 0 Å². The molecule has 0 saturated heterocycles. The third-order valence-corrected chi connectivity index (χ3v) is 3.18. The number of amides is 3. The van der Waals surface area contributed by atoms with Crippen LogP contribution in [0, 0.1) is 0 Å². The Bertz CT molecular complexity index is 671. The van der Waals surface area contributed by atoms with Gasteiger partial charge in [0.25, 0.3) is 0 Å². The number of benzene rings is 2. The van der Waals surface area contributed by atoms with Gasteiger partial charge in [0.1, 0.15) is 0 Å². The van der Waals surface area contributed by atoms with E-state index in [4.69, 9.17) is 11.6 Å². The molecule has 0 aliphatic carbocycles. The molecule has 0 aliphatic heterocycles. The Hall–Kier alpha value is -2.53. The zero-order chi connectivity index (χ0) is 15.9. The van der Waals surface area contributed by atoms with Crippen molar-refractivity contribution in [2.45, 2.75) is 13.5 Å². The van der Waals surface area contributed by atoms with Crippen LogP contribution in [0.2, 0.25) is 5.02 Å². The maximum absolute atomic E-state index is 11.8. The lowest BCUT2D eigenvalue weighted by molar-refractivity contribution is -0.114. The summed E-state index contributed by atoms with van der Waals surface area (Å²) in [6.45, 7) is 1.82. The normalized spacial score (nSPS) is 9.91. The molecule has 0 bridgehead atoms. The number of para-hydroxylation sites is 1. The third-order valence-electron chi connectivity index (χ3n) is 2.85. The van der Waals surface area contributed by atoms with Crippen molar-refractivity contribution in [3.63, 3.8) is 0 Å². The molecule has 3 N–H and O–H groups in total. The first kappa shape index (κ1) is 15.9. The molecule has 2 aromatic carbocycles. The van der Waals surface area contributed by atoms with Gasteiger partial charge in [-0.15, -0.1) is 0 Å². The van der Waals surface area contributed by atoms with E-state index in [1.807, 2.05) is 12.1 Å². The molecule has 0 spiro atoms. The Morgan fingerprint density at radius 2 is 1.68 bits per heavy atom. The van der Waals surface area contributed by atoms with E-state index in [0.29, 0.717) is 17.3 Å². The predicted octanol–water partition coefficient (Wildman–Crippen LogP) is 3.62. The quantitative estimate of drug-likeness (QED) is 0.806. The van der Waals surface area contributed by atoms with Crippen molar-refractivity contribution in [3.05, 3.63) is 59.1 Å². The zero-order valence-corrected chi connectivity index (χ0v) is 12.8. The maximum Gasteiger partial charge on any atom is 0.319 e. The lowest BCUT2D eigenvalue weighted by Crippen LogP contribution is -2.28. The van der Waals surface area contributed by atoms with Crippen molar-refractivity contribution in [3.8, 4) is 0 Å². The first-order chi connectivity index (χ1) is 10.5. The summed E-state index contributed by atoms with van der Waals surface area (Å²) in [5, 5.41) is 8.58.